The van der Waals surface area contributed by atoms with E-state index in [-0.39, 0.29) is 6.54 Å². The van der Waals surface area contributed by atoms with Gasteiger partial charge in [-0.05, 0) is 73.7 Å². The molecule has 0 fully saturated rings. The molecule has 0 aliphatic carbocycles. The fourth-order valence-electron chi connectivity index (χ4n) is 4.40. The van der Waals surface area contributed by atoms with Gasteiger partial charge >= 0.3 is 6.09 Å². The van der Waals surface area contributed by atoms with Crippen LogP contribution < -0.4 is 10.6 Å². The summed E-state index contributed by atoms with van der Waals surface area (Å²) in [6.45, 7) is 9.12. The van der Waals surface area contributed by atoms with Gasteiger partial charge in [-0.1, -0.05) is 60.5 Å². The molecule has 0 aromatic heterocycles. The van der Waals surface area contributed by atoms with Gasteiger partial charge in [-0.15, -0.1) is 13.0 Å². The van der Waals surface area contributed by atoms with E-state index in [1.807, 2.05) is 48.7 Å². The molecule has 0 spiro atoms. The number of hydrogen-bond donors (Lipinski definition) is 2. The molecule has 7 nitrogen and oxygen atoms in total. The van der Waals surface area contributed by atoms with E-state index in [1.165, 1.54) is 4.90 Å². The number of ether oxygens (including phenoxy) is 1. The lowest BCUT2D eigenvalue weighted by atomic mass is 9.97. The van der Waals surface area contributed by atoms with Crippen LogP contribution in [0.2, 0.25) is 0 Å². The first-order valence-electron chi connectivity index (χ1n) is 13.3. The molecular weight excluding hydrogens is 534 g/mol. The van der Waals surface area contributed by atoms with Gasteiger partial charge in [0, 0.05) is 17.8 Å². The zero-order valence-corrected chi connectivity index (χ0v) is 24.8. The van der Waals surface area contributed by atoms with Crippen LogP contribution in [0, 0.1) is 12.3 Å². The third-order valence-corrected chi connectivity index (χ3v) is 6.84. The van der Waals surface area contributed by atoms with E-state index in [4.69, 9.17) is 11.2 Å². The van der Waals surface area contributed by atoms with Crippen molar-refractivity contribution in [3.05, 3.63) is 90.5 Å². The Morgan fingerprint density at radius 3 is 2.41 bits per heavy atom. The van der Waals surface area contributed by atoms with Crippen LogP contribution in [-0.4, -0.2) is 53.0 Å². The summed E-state index contributed by atoms with van der Waals surface area (Å²) in [5.41, 5.74) is 0.804. The number of benzene rings is 3. The number of carbonyl (C=O) groups excluding carboxylic acids is 3. The summed E-state index contributed by atoms with van der Waals surface area (Å²) >= 11 is 1.54. The molecule has 3 aromatic rings. The van der Waals surface area contributed by atoms with Crippen molar-refractivity contribution in [3.8, 4) is 12.3 Å². The summed E-state index contributed by atoms with van der Waals surface area (Å²) < 4.78 is 5.43. The highest BCUT2D eigenvalue weighted by atomic mass is 32.2. The maximum atomic E-state index is 14.2. The van der Waals surface area contributed by atoms with Crippen molar-refractivity contribution in [2.75, 3.05) is 23.9 Å². The van der Waals surface area contributed by atoms with Gasteiger partial charge in [-0.2, -0.15) is 11.8 Å². The summed E-state index contributed by atoms with van der Waals surface area (Å²) in [6, 6.07) is 18.4. The van der Waals surface area contributed by atoms with Gasteiger partial charge in [-0.3, -0.25) is 9.59 Å². The van der Waals surface area contributed by atoms with Gasteiger partial charge in [-0.25, -0.2) is 4.79 Å². The van der Waals surface area contributed by atoms with E-state index >= 15 is 0 Å². The zero-order chi connectivity index (χ0) is 30.0. The van der Waals surface area contributed by atoms with Crippen LogP contribution in [-0.2, 0) is 14.3 Å². The first kappa shape index (κ1) is 31.3. The normalized spacial score (nSPS) is 12.5. The lowest BCUT2D eigenvalue weighted by Gasteiger charge is -2.34. The van der Waals surface area contributed by atoms with Crippen LogP contribution in [0.1, 0.15) is 44.4 Å². The van der Waals surface area contributed by atoms with Crippen molar-refractivity contribution in [3.63, 3.8) is 0 Å². The Bertz CT molecular complexity index is 1440. The van der Waals surface area contributed by atoms with E-state index in [0.717, 1.165) is 10.8 Å². The third kappa shape index (κ3) is 8.63. The Balaban J connectivity index is 2.04. The van der Waals surface area contributed by atoms with Crippen LogP contribution >= 0.6 is 11.8 Å². The van der Waals surface area contributed by atoms with E-state index in [9.17, 15) is 14.4 Å². The summed E-state index contributed by atoms with van der Waals surface area (Å²) in [5, 5.41) is 7.70. The average Bonchev–Trinajstić information content (AvgIpc) is 2.93. The molecule has 0 aliphatic heterocycles. The maximum absolute atomic E-state index is 14.2. The minimum atomic E-state index is -1.10. The quantitative estimate of drug-likeness (QED) is 0.213. The molecular formula is C33H37N3O4S. The number of rotatable bonds is 11. The predicted octanol–water partition coefficient (Wildman–Crippen LogP) is 6.16. The molecule has 3 rings (SSSR count). The van der Waals surface area contributed by atoms with Crippen molar-refractivity contribution in [2.45, 2.75) is 44.9 Å². The Labute approximate surface area is 246 Å². The van der Waals surface area contributed by atoms with Crippen LogP contribution in [0.25, 0.3) is 10.8 Å². The molecule has 0 heterocycles. The molecule has 0 saturated heterocycles. The number of fused-ring (bicyclic) bond motifs is 1. The second-order valence-corrected chi connectivity index (χ2v) is 11.4. The number of carbonyl (C=O) groups is 3. The largest absolute Gasteiger partial charge is 0.444 e. The molecule has 2 N–H and O–H groups in total. The predicted molar refractivity (Wildman–Crippen MR) is 168 cm³/mol. The molecule has 0 radical (unpaired) electrons. The summed E-state index contributed by atoms with van der Waals surface area (Å²) in [4.78, 5) is 42.3. The number of anilines is 1. The summed E-state index contributed by atoms with van der Waals surface area (Å²) in [7, 11) is 0. The fourth-order valence-corrected chi connectivity index (χ4v) is 4.87. The SMILES string of the molecule is C#Cc1ccccc1C(C(=O)Nc1ccc2ccccc2c1)N(CC=C)C(=O)C(CCSC)NC(=O)OC(C)(C)C. The highest BCUT2D eigenvalue weighted by Gasteiger charge is 2.36. The zero-order valence-electron chi connectivity index (χ0n) is 24.0. The number of nitrogens with one attached hydrogen (secondary N) is 2. The molecule has 0 saturated carbocycles. The molecule has 214 valence electrons. The Kier molecular flexibility index (Phi) is 11.0. The van der Waals surface area contributed by atoms with Gasteiger partial charge in [0.15, 0.2) is 0 Å². The van der Waals surface area contributed by atoms with Crippen molar-refractivity contribution in [1.29, 1.82) is 0 Å². The second-order valence-electron chi connectivity index (χ2n) is 10.4. The van der Waals surface area contributed by atoms with Crippen molar-refractivity contribution in [2.24, 2.45) is 0 Å². The first-order valence-corrected chi connectivity index (χ1v) is 14.7. The molecule has 2 atom stereocenters. The molecule has 0 aliphatic rings. The Hall–Kier alpha value is -4.22. The maximum Gasteiger partial charge on any atom is 0.408 e. The van der Waals surface area contributed by atoms with Crippen molar-refractivity contribution in [1.82, 2.24) is 10.2 Å². The Morgan fingerprint density at radius 2 is 1.76 bits per heavy atom. The highest BCUT2D eigenvalue weighted by molar-refractivity contribution is 7.98. The van der Waals surface area contributed by atoms with E-state index in [1.54, 1.807) is 62.9 Å². The highest BCUT2D eigenvalue weighted by Crippen LogP contribution is 2.28. The van der Waals surface area contributed by atoms with Gasteiger partial charge < -0.3 is 20.3 Å². The van der Waals surface area contributed by atoms with Crippen LogP contribution in [0.5, 0.6) is 0 Å². The number of terminal acetylenes is 1. The summed E-state index contributed by atoms with van der Waals surface area (Å²) in [5.74, 6) is 2.35. The standard InChI is InChI=1S/C33H37N3O4S/c1-7-20-36(31(38)28(19-21-41-6)35-32(39)40-33(3,4)5)29(27-16-12-11-13-23(27)8-2)30(37)34-26-18-17-24-14-9-10-15-25(24)22-26/h2,7,9-18,22,28-29H,1,19-21H2,3-6H3,(H,34,37)(H,35,39). The van der Waals surface area contributed by atoms with Crippen LogP contribution in [0.15, 0.2) is 79.4 Å². The molecule has 8 heteroatoms. The lowest BCUT2D eigenvalue weighted by Crippen LogP contribution is -2.52. The van der Waals surface area contributed by atoms with Gasteiger partial charge in [0.2, 0.25) is 5.91 Å². The lowest BCUT2D eigenvalue weighted by molar-refractivity contribution is -0.140. The number of nitrogens with zero attached hydrogens (tertiary/aromatic N) is 1. The Morgan fingerprint density at radius 1 is 1.07 bits per heavy atom. The average molecular weight is 572 g/mol. The monoisotopic (exact) mass is 571 g/mol. The second kappa shape index (κ2) is 14.4. The molecule has 2 unspecified atom stereocenters. The number of hydrogen-bond acceptors (Lipinski definition) is 5. The van der Waals surface area contributed by atoms with Crippen molar-refractivity contribution >= 4 is 46.1 Å². The smallest absolute Gasteiger partial charge is 0.408 e. The van der Waals surface area contributed by atoms with Gasteiger partial charge in [0.05, 0.1) is 0 Å². The minimum absolute atomic E-state index is 0.0410. The number of alkyl carbamates (subject to hydrolysis) is 1. The van der Waals surface area contributed by atoms with Crippen molar-refractivity contribution < 1.29 is 19.1 Å². The molecule has 3 amide bonds. The van der Waals surface area contributed by atoms with Gasteiger partial charge in [0.1, 0.15) is 17.7 Å². The van der Waals surface area contributed by atoms with Crippen LogP contribution in [0.4, 0.5) is 10.5 Å². The third-order valence-electron chi connectivity index (χ3n) is 6.20. The molecule has 41 heavy (non-hydrogen) atoms. The van der Waals surface area contributed by atoms with E-state index in [0.29, 0.717) is 29.0 Å². The number of thioether (sulfide) groups is 1. The fraction of sp³-hybridized carbons (Fsp3) is 0.303. The first-order chi connectivity index (χ1) is 19.6. The summed E-state index contributed by atoms with van der Waals surface area (Å²) in [6.07, 6.45) is 8.91. The minimum Gasteiger partial charge on any atom is -0.444 e. The van der Waals surface area contributed by atoms with E-state index in [2.05, 4.69) is 23.1 Å². The molecule has 0 bridgehead atoms. The number of amides is 3. The van der Waals surface area contributed by atoms with Crippen LogP contribution in [0.3, 0.4) is 0 Å². The van der Waals surface area contributed by atoms with E-state index < -0.39 is 35.6 Å². The van der Waals surface area contributed by atoms with Gasteiger partial charge in [0.25, 0.3) is 5.91 Å². The topological polar surface area (TPSA) is 87.7 Å². The molecule has 3 aromatic carbocycles.